The van der Waals surface area contributed by atoms with Gasteiger partial charge < -0.3 is 0 Å². The fourth-order valence-electron chi connectivity index (χ4n) is 3.17. The van der Waals surface area contributed by atoms with Crippen molar-refractivity contribution in [2.24, 2.45) is 0 Å². The Balaban J connectivity index is 1.81. The Morgan fingerprint density at radius 1 is 1.22 bits per heavy atom. The summed E-state index contributed by atoms with van der Waals surface area (Å²) in [5, 5.41) is 4.23. The van der Waals surface area contributed by atoms with Crippen molar-refractivity contribution in [2.75, 3.05) is 6.54 Å². The van der Waals surface area contributed by atoms with Crippen molar-refractivity contribution in [1.82, 2.24) is 14.1 Å². The summed E-state index contributed by atoms with van der Waals surface area (Å²) in [6, 6.07) is 10.0. The smallest absolute Gasteiger partial charge is 0.246 e. The number of hydrogen-bond donors (Lipinski definition) is 0. The lowest BCUT2D eigenvalue weighted by atomic mass is 10.0. The summed E-state index contributed by atoms with van der Waals surface area (Å²) in [5.41, 5.74) is 1.10. The quantitative estimate of drug-likeness (QED) is 0.845. The molecule has 1 saturated heterocycles. The molecule has 0 N–H and O–H groups in total. The zero-order valence-corrected chi connectivity index (χ0v) is 14.2. The molecule has 0 saturated carbocycles. The van der Waals surface area contributed by atoms with Gasteiger partial charge in [-0.2, -0.15) is 9.40 Å². The van der Waals surface area contributed by atoms with Crippen LogP contribution >= 0.6 is 0 Å². The Morgan fingerprint density at radius 2 is 2.00 bits per heavy atom. The summed E-state index contributed by atoms with van der Waals surface area (Å²) in [7, 11) is -3.44. The molecule has 0 aliphatic carbocycles. The van der Waals surface area contributed by atoms with Crippen LogP contribution in [-0.4, -0.2) is 35.1 Å². The van der Waals surface area contributed by atoms with Gasteiger partial charge in [0, 0.05) is 18.8 Å². The van der Waals surface area contributed by atoms with Gasteiger partial charge in [0.2, 0.25) is 10.0 Å². The van der Waals surface area contributed by atoms with Crippen LogP contribution in [0.3, 0.4) is 0 Å². The molecule has 5 nitrogen and oxygen atoms in total. The minimum absolute atomic E-state index is 0.117. The summed E-state index contributed by atoms with van der Waals surface area (Å²) in [6.07, 6.45) is 6.97. The molecule has 6 heteroatoms. The van der Waals surface area contributed by atoms with Crippen LogP contribution in [0.4, 0.5) is 0 Å². The van der Waals surface area contributed by atoms with Gasteiger partial charge in [-0.1, -0.05) is 43.7 Å². The van der Waals surface area contributed by atoms with Crippen molar-refractivity contribution in [3.63, 3.8) is 0 Å². The van der Waals surface area contributed by atoms with E-state index in [9.17, 15) is 8.42 Å². The third-order valence-corrected chi connectivity index (χ3v) is 6.35. The second kappa shape index (κ2) is 6.84. The van der Waals surface area contributed by atoms with Gasteiger partial charge in [-0.15, -0.1) is 0 Å². The Labute approximate surface area is 138 Å². The summed E-state index contributed by atoms with van der Waals surface area (Å²) >= 11 is 0. The Kier molecular flexibility index (Phi) is 4.82. The van der Waals surface area contributed by atoms with Crippen molar-refractivity contribution in [1.29, 1.82) is 0 Å². The van der Waals surface area contributed by atoms with Gasteiger partial charge in [0.1, 0.15) is 4.90 Å². The van der Waals surface area contributed by atoms with E-state index in [1.165, 1.54) is 6.20 Å². The van der Waals surface area contributed by atoms with E-state index in [1.54, 1.807) is 15.2 Å². The van der Waals surface area contributed by atoms with Crippen molar-refractivity contribution >= 4 is 10.0 Å². The van der Waals surface area contributed by atoms with Gasteiger partial charge in [-0.3, -0.25) is 4.68 Å². The Bertz CT molecular complexity index is 740. The third-order valence-electron chi connectivity index (χ3n) is 4.45. The first-order valence-electron chi connectivity index (χ1n) is 8.19. The average Bonchev–Trinajstić information content (AvgIpc) is 3.05. The van der Waals surface area contributed by atoms with E-state index < -0.39 is 10.0 Å². The number of sulfonamides is 1. The fraction of sp³-hybridized carbons (Fsp3) is 0.471. The normalized spacial score (nSPS) is 19.8. The summed E-state index contributed by atoms with van der Waals surface area (Å²) < 4.78 is 29.1. The molecule has 1 aromatic heterocycles. The highest BCUT2D eigenvalue weighted by Crippen LogP contribution is 2.26. The van der Waals surface area contributed by atoms with Crippen molar-refractivity contribution in [3.8, 4) is 0 Å². The maximum atomic E-state index is 12.9. The molecule has 1 unspecified atom stereocenters. The van der Waals surface area contributed by atoms with Crippen molar-refractivity contribution in [3.05, 3.63) is 48.3 Å². The predicted octanol–water partition coefficient (Wildman–Crippen LogP) is 2.88. The number of benzene rings is 1. The molecule has 1 aliphatic rings. The van der Waals surface area contributed by atoms with Gasteiger partial charge in [-0.25, -0.2) is 8.42 Å². The lowest BCUT2D eigenvalue weighted by molar-refractivity contribution is 0.246. The van der Waals surface area contributed by atoms with Gasteiger partial charge in [0.25, 0.3) is 0 Å². The van der Waals surface area contributed by atoms with Crippen LogP contribution in [0.2, 0.25) is 0 Å². The lowest BCUT2D eigenvalue weighted by Crippen LogP contribution is -2.43. The van der Waals surface area contributed by atoms with E-state index >= 15 is 0 Å². The average molecular weight is 333 g/mol. The fourth-order valence-corrected chi connectivity index (χ4v) is 4.89. The van der Waals surface area contributed by atoms with Gasteiger partial charge in [-0.05, 0) is 24.8 Å². The first-order chi connectivity index (χ1) is 11.1. The van der Waals surface area contributed by atoms with E-state index in [-0.39, 0.29) is 6.04 Å². The lowest BCUT2D eigenvalue weighted by Gasteiger charge is -2.33. The molecule has 23 heavy (non-hydrogen) atoms. The van der Waals surface area contributed by atoms with E-state index in [2.05, 4.69) is 12.0 Å². The predicted molar refractivity (Wildman–Crippen MR) is 89.6 cm³/mol. The number of aromatic nitrogens is 2. The largest absolute Gasteiger partial charge is 0.267 e. The number of rotatable bonds is 5. The molecular weight excluding hydrogens is 310 g/mol. The second-order valence-corrected chi connectivity index (χ2v) is 7.92. The van der Waals surface area contributed by atoms with Gasteiger partial charge in [0.05, 0.1) is 12.7 Å². The molecule has 1 aromatic carbocycles. The number of nitrogens with zero attached hydrogens (tertiary/aromatic N) is 3. The van der Waals surface area contributed by atoms with Crippen LogP contribution < -0.4 is 0 Å². The van der Waals surface area contributed by atoms with E-state index in [0.29, 0.717) is 18.0 Å². The molecule has 2 heterocycles. The maximum Gasteiger partial charge on any atom is 0.246 e. The van der Waals surface area contributed by atoms with Crippen molar-refractivity contribution < 1.29 is 8.42 Å². The van der Waals surface area contributed by atoms with E-state index in [4.69, 9.17) is 0 Å². The van der Waals surface area contributed by atoms with E-state index in [1.807, 2.05) is 30.3 Å². The van der Waals surface area contributed by atoms with E-state index in [0.717, 1.165) is 31.2 Å². The molecule has 0 spiro atoms. The first-order valence-corrected chi connectivity index (χ1v) is 9.63. The molecule has 0 radical (unpaired) electrons. The van der Waals surface area contributed by atoms with Crippen LogP contribution in [0.15, 0.2) is 47.6 Å². The highest BCUT2D eigenvalue weighted by molar-refractivity contribution is 7.89. The third kappa shape index (κ3) is 3.48. The first kappa shape index (κ1) is 16.2. The zero-order valence-electron chi connectivity index (χ0n) is 13.4. The number of piperidine rings is 1. The monoisotopic (exact) mass is 333 g/mol. The summed E-state index contributed by atoms with van der Waals surface area (Å²) in [5.74, 6) is 0. The second-order valence-electron chi connectivity index (χ2n) is 6.03. The molecule has 124 valence electrons. The minimum Gasteiger partial charge on any atom is -0.267 e. The molecule has 0 bridgehead atoms. The van der Waals surface area contributed by atoms with Crippen molar-refractivity contribution in [2.45, 2.75) is 50.1 Å². The SMILES string of the molecule is CCC1CCCCN1S(=O)(=O)c1cnn(Cc2ccccc2)c1. The summed E-state index contributed by atoms with van der Waals surface area (Å²) in [6.45, 7) is 3.25. The maximum absolute atomic E-state index is 12.9. The minimum atomic E-state index is -3.44. The Hall–Kier alpha value is -1.66. The van der Waals surface area contributed by atoms with Gasteiger partial charge in [0.15, 0.2) is 0 Å². The molecule has 1 atom stereocenters. The summed E-state index contributed by atoms with van der Waals surface area (Å²) in [4.78, 5) is 0.300. The number of hydrogen-bond acceptors (Lipinski definition) is 3. The molecule has 2 aromatic rings. The zero-order chi connectivity index (χ0) is 16.3. The van der Waals surface area contributed by atoms with Crippen LogP contribution in [0.25, 0.3) is 0 Å². The molecule has 3 rings (SSSR count). The van der Waals surface area contributed by atoms with Crippen LogP contribution in [0.1, 0.15) is 38.2 Å². The molecule has 1 aliphatic heterocycles. The van der Waals surface area contributed by atoms with Crippen LogP contribution in [0.5, 0.6) is 0 Å². The molecule has 0 amide bonds. The Morgan fingerprint density at radius 3 is 2.74 bits per heavy atom. The highest BCUT2D eigenvalue weighted by Gasteiger charge is 2.33. The van der Waals surface area contributed by atoms with Gasteiger partial charge >= 0.3 is 0 Å². The van der Waals surface area contributed by atoms with Crippen LogP contribution in [0, 0.1) is 0 Å². The standard InChI is InChI=1S/C17H23N3O2S/c1-2-16-10-6-7-11-20(16)23(21,22)17-12-18-19(14-17)13-15-8-4-3-5-9-15/h3-5,8-9,12,14,16H,2,6-7,10-11,13H2,1H3. The molecule has 1 fully saturated rings. The molecular formula is C17H23N3O2S. The topological polar surface area (TPSA) is 55.2 Å². The van der Waals surface area contributed by atoms with Crippen LogP contribution in [-0.2, 0) is 16.6 Å². The highest BCUT2D eigenvalue weighted by atomic mass is 32.2.